The van der Waals surface area contributed by atoms with Crippen LogP contribution in [0.2, 0.25) is 0 Å². The van der Waals surface area contributed by atoms with Gasteiger partial charge in [-0.2, -0.15) is 0 Å². The van der Waals surface area contributed by atoms with Gasteiger partial charge in [0.05, 0.1) is 24.2 Å². The van der Waals surface area contributed by atoms with Crippen LogP contribution in [0.1, 0.15) is 61.7 Å². The van der Waals surface area contributed by atoms with Crippen LogP contribution in [0.15, 0.2) is 56.8 Å². The molecule has 7 heteroatoms. The Morgan fingerprint density at radius 2 is 1.77 bits per heavy atom. The number of non-ortho nitro benzene ring substituents is 1. The predicted molar refractivity (Wildman–Crippen MR) is 132 cm³/mol. The van der Waals surface area contributed by atoms with E-state index in [9.17, 15) is 14.9 Å². The highest BCUT2D eigenvalue weighted by molar-refractivity contribution is 5.48. The smallest absolute Gasteiger partial charge is 0.291 e. The molecule has 35 heavy (non-hydrogen) atoms. The van der Waals surface area contributed by atoms with Crippen LogP contribution in [-0.4, -0.2) is 18.6 Å². The van der Waals surface area contributed by atoms with Crippen molar-refractivity contribution in [2.24, 2.45) is 16.7 Å². The molecular weight excluding hydrogens is 446 g/mol. The fraction of sp³-hybridized carbons (Fsp3) is 0.464. The van der Waals surface area contributed by atoms with Gasteiger partial charge >= 0.3 is 0 Å². The topological polar surface area (TPSA) is 91.8 Å². The van der Waals surface area contributed by atoms with Gasteiger partial charge in [0.25, 0.3) is 11.6 Å². The van der Waals surface area contributed by atoms with Gasteiger partial charge in [0.2, 0.25) is 0 Å². The van der Waals surface area contributed by atoms with E-state index >= 15 is 0 Å². The summed E-state index contributed by atoms with van der Waals surface area (Å²) in [6, 6.07) is 6.94. The van der Waals surface area contributed by atoms with E-state index in [1.807, 2.05) is 12.1 Å². The summed E-state index contributed by atoms with van der Waals surface area (Å²) in [7, 11) is 1.49. The second-order valence-electron chi connectivity index (χ2n) is 10.6. The maximum atomic E-state index is 12.8. The first kappa shape index (κ1) is 23.5. The summed E-state index contributed by atoms with van der Waals surface area (Å²) in [4.78, 5) is 23.7. The Balaban J connectivity index is 1.60. The third-order valence-electron chi connectivity index (χ3n) is 8.44. The van der Waals surface area contributed by atoms with E-state index in [1.165, 1.54) is 18.3 Å². The van der Waals surface area contributed by atoms with Gasteiger partial charge in [-0.1, -0.05) is 42.4 Å². The lowest BCUT2D eigenvalue weighted by atomic mass is 9.35. The summed E-state index contributed by atoms with van der Waals surface area (Å²) in [5, 5.41) is 11.3. The van der Waals surface area contributed by atoms with Crippen molar-refractivity contribution in [2.45, 2.75) is 53.1 Å². The van der Waals surface area contributed by atoms with Crippen LogP contribution in [0.4, 0.5) is 5.69 Å². The van der Waals surface area contributed by atoms with Crippen molar-refractivity contribution in [1.29, 1.82) is 0 Å². The number of hydrogen-bond acceptors (Lipinski definition) is 6. The maximum absolute atomic E-state index is 12.8. The fourth-order valence-electron chi connectivity index (χ4n) is 7.57. The SMILES string of the molecule is COc1oc([C@H]2C[C@@]3(CO2)[C@H]2C(C)=CC(C)=C[C@@]2(C)[C@@H]3c2ccc([N+](=O)[O-])cc2)c(C)c(=O)c1C. The lowest BCUT2D eigenvalue weighted by Gasteiger charge is -2.67. The predicted octanol–water partition coefficient (Wildman–Crippen LogP) is 5.95. The fourth-order valence-corrected chi connectivity index (χ4v) is 7.57. The molecule has 2 aliphatic carbocycles. The van der Waals surface area contributed by atoms with Crippen LogP contribution in [-0.2, 0) is 4.74 Å². The highest BCUT2D eigenvalue weighted by Gasteiger charge is 2.71. The van der Waals surface area contributed by atoms with Crippen molar-refractivity contribution in [3.8, 4) is 5.95 Å². The van der Waals surface area contributed by atoms with E-state index in [2.05, 4.69) is 32.9 Å². The average Bonchev–Trinajstić information content (AvgIpc) is 3.23. The second-order valence-corrected chi connectivity index (χ2v) is 10.6. The molecule has 1 aromatic heterocycles. The molecule has 184 valence electrons. The molecule has 2 aromatic rings. The second kappa shape index (κ2) is 7.92. The minimum absolute atomic E-state index is 0.0833. The Hall–Kier alpha value is -3.19. The van der Waals surface area contributed by atoms with Gasteiger partial charge in [-0.05, 0) is 45.6 Å². The molecule has 5 rings (SSSR count). The van der Waals surface area contributed by atoms with Crippen molar-refractivity contribution < 1.29 is 18.8 Å². The molecule has 3 aliphatic rings. The van der Waals surface area contributed by atoms with Crippen molar-refractivity contribution in [3.05, 3.63) is 90.4 Å². The highest BCUT2D eigenvalue weighted by Crippen LogP contribution is 2.76. The zero-order valence-electron chi connectivity index (χ0n) is 21.0. The number of fused-ring (bicyclic) bond motifs is 2. The molecule has 2 heterocycles. The number of hydrogen-bond donors (Lipinski definition) is 0. The first-order valence-electron chi connectivity index (χ1n) is 12.0. The number of nitro benzene ring substituents is 1. The normalized spacial score (nSPS) is 31.4. The third kappa shape index (κ3) is 3.24. The lowest BCUT2D eigenvalue weighted by Crippen LogP contribution is -2.62. The Kier molecular flexibility index (Phi) is 5.33. The van der Waals surface area contributed by atoms with Crippen molar-refractivity contribution in [3.63, 3.8) is 0 Å². The summed E-state index contributed by atoms with van der Waals surface area (Å²) >= 11 is 0. The van der Waals surface area contributed by atoms with E-state index in [1.54, 1.807) is 26.0 Å². The minimum Gasteiger partial charge on any atom is -0.468 e. The summed E-state index contributed by atoms with van der Waals surface area (Å²) in [6.07, 6.45) is 4.90. The zero-order chi connectivity index (χ0) is 25.3. The summed E-state index contributed by atoms with van der Waals surface area (Å²) in [6.45, 7) is 10.6. The van der Waals surface area contributed by atoms with Gasteiger partial charge in [0.15, 0.2) is 5.43 Å². The molecule has 0 bridgehead atoms. The largest absolute Gasteiger partial charge is 0.468 e. The molecule has 0 unspecified atom stereocenters. The van der Waals surface area contributed by atoms with Crippen LogP contribution in [0.25, 0.3) is 0 Å². The van der Waals surface area contributed by atoms with Crippen LogP contribution < -0.4 is 10.2 Å². The Morgan fingerprint density at radius 3 is 2.40 bits per heavy atom. The molecule has 0 N–H and O–H groups in total. The minimum atomic E-state index is -0.373. The number of rotatable bonds is 4. The lowest BCUT2D eigenvalue weighted by molar-refractivity contribution is -0.384. The Labute approximate surface area is 204 Å². The number of ether oxygens (including phenoxy) is 2. The summed E-state index contributed by atoms with van der Waals surface area (Å²) < 4.78 is 17.8. The molecule has 1 saturated heterocycles. The maximum Gasteiger partial charge on any atom is 0.291 e. The third-order valence-corrected chi connectivity index (χ3v) is 8.44. The zero-order valence-corrected chi connectivity index (χ0v) is 21.0. The first-order valence-corrected chi connectivity index (χ1v) is 12.0. The van der Waals surface area contributed by atoms with Gasteiger partial charge in [-0.3, -0.25) is 14.9 Å². The number of nitrogens with zero attached hydrogens (tertiary/aromatic N) is 1. The van der Waals surface area contributed by atoms with Gasteiger partial charge in [0.1, 0.15) is 11.9 Å². The first-order chi connectivity index (χ1) is 16.5. The van der Waals surface area contributed by atoms with E-state index in [4.69, 9.17) is 13.9 Å². The van der Waals surface area contributed by atoms with Crippen molar-refractivity contribution in [1.82, 2.24) is 0 Å². The molecule has 7 nitrogen and oxygen atoms in total. The average molecular weight is 478 g/mol. The van der Waals surface area contributed by atoms with E-state index in [0.29, 0.717) is 29.9 Å². The summed E-state index contributed by atoms with van der Waals surface area (Å²) in [5.74, 6) is 1.10. The monoisotopic (exact) mass is 477 g/mol. The molecule has 2 fully saturated rings. The van der Waals surface area contributed by atoms with Crippen LogP contribution in [0.3, 0.4) is 0 Å². The molecule has 1 aliphatic heterocycles. The Morgan fingerprint density at radius 1 is 1.09 bits per heavy atom. The molecule has 5 atom stereocenters. The molecule has 1 saturated carbocycles. The van der Waals surface area contributed by atoms with E-state index < -0.39 is 0 Å². The van der Waals surface area contributed by atoms with E-state index in [-0.39, 0.29) is 50.8 Å². The van der Waals surface area contributed by atoms with Gasteiger partial charge in [-0.25, -0.2) is 0 Å². The quantitative estimate of drug-likeness (QED) is 0.399. The summed E-state index contributed by atoms with van der Waals surface area (Å²) in [5.41, 5.74) is 4.23. The highest BCUT2D eigenvalue weighted by atomic mass is 16.6. The number of methoxy groups -OCH3 is 1. The van der Waals surface area contributed by atoms with Gasteiger partial charge in [0, 0.05) is 34.4 Å². The van der Waals surface area contributed by atoms with Gasteiger partial charge < -0.3 is 13.9 Å². The molecular formula is C28H31NO6. The van der Waals surface area contributed by atoms with Crippen LogP contribution >= 0.6 is 0 Å². The van der Waals surface area contributed by atoms with E-state index in [0.717, 1.165) is 5.56 Å². The van der Waals surface area contributed by atoms with Crippen molar-refractivity contribution >= 4 is 5.69 Å². The molecule has 1 aromatic carbocycles. The van der Waals surface area contributed by atoms with Crippen LogP contribution in [0, 0.1) is 40.7 Å². The van der Waals surface area contributed by atoms with Crippen LogP contribution in [0.5, 0.6) is 5.95 Å². The Bertz CT molecular complexity index is 1340. The van der Waals surface area contributed by atoms with Crippen molar-refractivity contribution in [2.75, 3.05) is 13.7 Å². The molecule has 0 radical (unpaired) electrons. The standard InChI is InChI=1S/C28H31NO6/c1-15-11-16(2)24-27(5,12-15)25(19-7-9-20(10-8-19)29(31)32)28(24)13-21(34-14-28)23-17(3)22(30)18(4)26(33-6)35-23/h7-12,21,24-25H,13-14H2,1-6H3/t21-,24+,25+,27-,28-/m1/s1. The molecule has 0 amide bonds. The number of benzene rings is 1. The number of allylic oxidation sites excluding steroid dienone is 4. The number of nitro groups is 1. The van der Waals surface area contributed by atoms with Gasteiger partial charge in [-0.15, -0.1) is 0 Å². The molecule has 1 spiro atoms.